The summed E-state index contributed by atoms with van der Waals surface area (Å²) in [6.45, 7) is 0.217. The number of carbonyl (C=O) groups excluding carboxylic acids is 1. The molecule has 2 heterocycles. The van der Waals surface area contributed by atoms with Crippen molar-refractivity contribution in [3.63, 3.8) is 0 Å². The van der Waals surface area contributed by atoms with Gasteiger partial charge in [0, 0.05) is 18.8 Å². The molecule has 2 N–H and O–H groups in total. The summed E-state index contributed by atoms with van der Waals surface area (Å²) >= 11 is 6.50. The van der Waals surface area contributed by atoms with Crippen LogP contribution in [0.5, 0.6) is 0 Å². The van der Waals surface area contributed by atoms with Gasteiger partial charge in [0.05, 0.1) is 22.8 Å². The number of aromatic nitrogens is 1. The first-order valence-corrected chi connectivity index (χ1v) is 10.6. The Morgan fingerprint density at radius 3 is 2.34 bits per heavy atom. The van der Waals surface area contributed by atoms with Crippen LogP contribution in [0.15, 0.2) is 59.5 Å². The van der Waals surface area contributed by atoms with Crippen LogP contribution < -0.4 is 5.73 Å². The summed E-state index contributed by atoms with van der Waals surface area (Å²) in [5.41, 5.74) is 7.43. The Morgan fingerprint density at radius 2 is 1.69 bits per heavy atom. The Hall–Kier alpha value is -2.68. The van der Waals surface area contributed by atoms with Crippen LogP contribution in [0, 0.1) is 5.82 Å². The van der Waals surface area contributed by atoms with Crippen molar-refractivity contribution in [2.24, 2.45) is 5.73 Å². The first-order valence-electron chi connectivity index (χ1n) is 8.83. The summed E-state index contributed by atoms with van der Waals surface area (Å²) in [6, 6.07) is 14.4. The van der Waals surface area contributed by atoms with Gasteiger partial charge in [0.1, 0.15) is 10.7 Å². The Bertz CT molecular complexity index is 1210. The lowest BCUT2D eigenvalue weighted by molar-refractivity contribution is 0.0998. The molecule has 1 amide bonds. The van der Waals surface area contributed by atoms with Crippen LogP contribution in [0.4, 0.5) is 4.39 Å². The molecule has 1 aromatic heterocycles. The monoisotopic (exact) mass is 433 g/mol. The van der Waals surface area contributed by atoms with E-state index >= 15 is 0 Å². The number of fused-ring (bicyclic) bond motifs is 1. The third kappa shape index (κ3) is 3.23. The number of amides is 1. The third-order valence-corrected chi connectivity index (χ3v) is 7.21. The molecule has 29 heavy (non-hydrogen) atoms. The lowest BCUT2D eigenvalue weighted by Crippen LogP contribution is -2.39. The van der Waals surface area contributed by atoms with Crippen molar-refractivity contribution in [2.75, 3.05) is 6.54 Å². The molecule has 1 aliphatic heterocycles. The fourth-order valence-corrected chi connectivity index (χ4v) is 5.50. The molecule has 9 heteroatoms. The van der Waals surface area contributed by atoms with E-state index < -0.39 is 26.6 Å². The number of benzene rings is 2. The predicted octanol–water partition coefficient (Wildman–Crippen LogP) is 3.25. The van der Waals surface area contributed by atoms with Crippen molar-refractivity contribution in [1.82, 2.24) is 8.87 Å². The van der Waals surface area contributed by atoms with Crippen molar-refractivity contribution in [3.05, 3.63) is 76.7 Å². The quantitative estimate of drug-likeness (QED) is 0.685. The van der Waals surface area contributed by atoms with Gasteiger partial charge in [-0.3, -0.25) is 4.79 Å². The number of halogens is 2. The molecule has 0 bridgehead atoms. The summed E-state index contributed by atoms with van der Waals surface area (Å²) in [7, 11) is -4.10. The molecule has 0 saturated heterocycles. The van der Waals surface area contributed by atoms with Gasteiger partial charge in [-0.1, -0.05) is 54.1 Å². The number of rotatable bonds is 4. The van der Waals surface area contributed by atoms with Gasteiger partial charge in [-0.05, 0) is 17.7 Å². The second kappa shape index (κ2) is 7.29. The second-order valence-corrected chi connectivity index (χ2v) is 8.92. The predicted molar refractivity (Wildman–Crippen MR) is 107 cm³/mol. The molecular formula is C20H17ClFN3O3S. The molecule has 0 aliphatic carbocycles. The average Bonchev–Trinajstić information content (AvgIpc) is 3.00. The maximum atomic E-state index is 14.1. The van der Waals surface area contributed by atoms with E-state index in [4.69, 9.17) is 17.3 Å². The number of hydrogen-bond donors (Lipinski definition) is 1. The number of carbonyl (C=O) groups is 1. The molecule has 0 saturated carbocycles. The van der Waals surface area contributed by atoms with Gasteiger partial charge in [0.25, 0.3) is 5.91 Å². The van der Waals surface area contributed by atoms with E-state index in [1.807, 2.05) is 34.9 Å². The summed E-state index contributed by atoms with van der Waals surface area (Å²) in [5, 5.41) is 0.184. The highest BCUT2D eigenvalue weighted by Crippen LogP contribution is 2.38. The minimum Gasteiger partial charge on any atom is -0.365 e. The Balaban J connectivity index is 1.83. The lowest BCUT2D eigenvalue weighted by Gasteiger charge is -2.29. The normalized spacial score (nSPS) is 14.6. The van der Waals surface area contributed by atoms with Crippen LogP contribution in [0.1, 0.15) is 16.1 Å². The molecule has 4 rings (SSSR count). The minimum absolute atomic E-state index is 0.0824. The molecule has 150 valence electrons. The standard InChI is InChI=1S/C20H17ClFN3O3S/c21-18-17(20(23)26)15-12-24(29(27,28)16-9-5-4-8-14(16)22)10-11-25(15)19(18)13-6-2-1-3-7-13/h1-9H,10-12H2,(H2,23,26). The first kappa shape index (κ1) is 19.6. The largest absolute Gasteiger partial charge is 0.365 e. The van der Waals surface area contributed by atoms with Crippen molar-refractivity contribution >= 4 is 27.5 Å². The van der Waals surface area contributed by atoms with E-state index in [1.165, 1.54) is 18.2 Å². The van der Waals surface area contributed by atoms with Crippen LogP contribution in [0.25, 0.3) is 11.3 Å². The van der Waals surface area contributed by atoms with Crippen molar-refractivity contribution < 1.29 is 17.6 Å². The highest BCUT2D eigenvalue weighted by Gasteiger charge is 2.35. The number of primary amides is 1. The zero-order chi connectivity index (χ0) is 20.8. The third-order valence-electron chi connectivity index (χ3n) is 4.96. The van der Waals surface area contributed by atoms with Gasteiger partial charge in [-0.15, -0.1) is 0 Å². The van der Waals surface area contributed by atoms with Crippen LogP contribution in [0.3, 0.4) is 0 Å². The van der Waals surface area contributed by atoms with Crippen molar-refractivity contribution in [3.8, 4) is 11.3 Å². The van der Waals surface area contributed by atoms with E-state index in [1.54, 1.807) is 0 Å². The maximum absolute atomic E-state index is 14.1. The molecule has 0 radical (unpaired) electrons. The highest BCUT2D eigenvalue weighted by atomic mass is 35.5. The lowest BCUT2D eigenvalue weighted by atomic mass is 10.1. The number of hydrogen-bond acceptors (Lipinski definition) is 3. The van der Waals surface area contributed by atoms with Crippen molar-refractivity contribution in [2.45, 2.75) is 18.0 Å². The van der Waals surface area contributed by atoms with E-state index in [0.717, 1.165) is 15.9 Å². The van der Waals surface area contributed by atoms with Crippen LogP contribution in [-0.4, -0.2) is 29.7 Å². The molecule has 0 fully saturated rings. The number of sulfonamides is 1. The summed E-state index contributed by atoms with van der Waals surface area (Å²) in [6.07, 6.45) is 0. The Morgan fingerprint density at radius 1 is 1.03 bits per heavy atom. The van der Waals surface area contributed by atoms with E-state index in [0.29, 0.717) is 11.4 Å². The van der Waals surface area contributed by atoms with Crippen LogP contribution >= 0.6 is 11.6 Å². The zero-order valence-electron chi connectivity index (χ0n) is 15.2. The maximum Gasteiger partial charge on any atom is 0.252 e. The van der Waals surface area contributed by atoms with Gasteiger partial charge in [-0.25, -0.2) is 12.8 Å². The SMILES string of the molecule is NC(=O)c1c(Cl)c(-c2ccccc2)n2c1CN(S(=O)(=O)c1ccccc1F)CC2. The number of nitrogens with two attached hydrogens (primary N) is 1. The molecule has 1 aliphatic rings. The zero-order valence-corrected chi connectivity index (χ0v) is 16.8. The van der Waals surface area contributed by atoms with Gasteiger partial charge in [-0.2, -0.15) is 4.31 Å². The van der Waals surface area contributed by atoms with Gasteiger partial charge >= 0.3 is 0 Å². The fraction of sp³-hybridized carbons (Fsp3) is 0.150. The molecule has 0 unspecified atom stereocenters. The molecule has 2 aromatic carbocycles. The summed E-state index contributed by atoms with van der Waals surface area (Å²) in [5.74, 6) is -1.57. The van der Waals surface area contributed by atoms with E-state index in [9.17, 15) is 17.6 Å². The van der Waals surface area contributed by atoms with E-state index in [-0.39, 0.29) is 30.2 Å². The van der Waals surface area contributed by atoms with Crippen LogP contribution in [0.2, 0.25) is 5.02 Å². The fourth-order valence-electron chi connectivity index (χ4n) is 3.63. The Kier molecular flexibility index (Phi) is 4.94. The van der Waals surface area contributed by atoms with Crippen LogP contribution in [-0.2, 0) is 23.1 Å². The minimum atomic E-state index is -4.10. The van der Waals surface area contributed by atoms with Gasteiger partial charge in [0.2, 0.25) is 10.0 Å². The van der Waals surface area contributed by atoms with E-state index in [2.05, 4.69) is 0 Å². The summed E-state index contributed by atoms with van der Waals surface area (Å²) in [4.78, 5) is 11.7. The van der Waals surface area contributed by atoms with Gasteiger partial charge in [0.15, 0.2) is 0 Å². The number of nitrogens with zero attached hydrogens (tertiary/aromatic N) is 2. The average molecular weight is 434 g/mol. The first-order chi connectivity index (χ1) is 13.8. The molecule has 0 atom stereocenters. The topological polar surface area (TPSA) is 85.4 Å². The van der Waals surface area contributed by atoms with Crippen molar-refractivity contribution in [1.29, 1.82) is 0 Å². The smallest absolute Gasteiger partial charge is 0.252 e. The molecular weight excluding hydrogens is 417 g/mol. The second-order valence-electron chi connectivity index (χ2n) is 6.64. The summed E-state index contributed by atoms with van der Waals surface area (Å²) < 4.78 is 43.1. The Labute approximate surface area is 172 Å². The van der Waals surface area contributed by atoms with Gasteiger partial charge < -0.3 is 10.3 Å². The molecule has 0 spiro atoms. The molecule has 6 nitrogen and oxygen atoms in total. The molecule has 3 aromatic rings. The highest BCUT2D eigenvalue weighted by molar-refractivity contribution is 7.89.